The van der Waals surface area contributed by atoms with E-state index in [2.05, 4.69) is 27.7 Å². The van der Waals surface area contributed by atoms with Crippen LogP contribution in [0.15, 0.2) is 30.3 Å². The van der Waals surface area contributed by atoms with Gasteiger partial charge in [0.2, 0.25) is 5.91 Å². The lowest BCUT2D eigenvalue weighted by Crippen LogP contribution is -2.50. The van der Waals surface area contributed by atoms with Crippen molar-refractivity contribution in [1.82, 2.24) is 15.5 Å². The quantitative estimate of drug-likeness (QED) is 0.901. The van der Waals surface area contributed by atoms with Gasteiger partial charge in [-0.25, -0.2) is 4.79 Å². The van der Waals surface area contributed by atoms with Crippen molar-refractivity contribution in [3.8, 4) is 0 Å². The van der Waals surface area contributed by atoms with Crippen molar-refractivity contribution in [2.24, 2.45) is 0 Å². The molecule has 3 amide bonds. The highest BCUT2D eigenvalue weighted by Crippen LogP contribution is 2.31. The second-order valence-electron chi connectivity index (χ2n) is 6.79. The van der Waals surface area contributed by atoms with E-state index in [9.17, 15) is 9.59 Å². The molecule has 1 aliphatic heterocycles. The number of imide groups is 1. The first kappa shape index (κ1) is 16.5. The minimum Gasteiger partial charge on any atom is -0.333 e. The number of rotatable bonds is 3. The molecule has 1 fully saturated rings. The Balaban J connectivity index is 1.89. The molecule has 0 aromatic heterocycles. The van der Waals surface area contributed by atoms with E-state index in [0.717, 1.165) is 19.4 Å². The number of nitrogens with zero attached hydrogens (tertiary/aromatic N) is 1. The van der Waals surface area contributed by atoms with Crippen molar-refractivity contribution >= 4 is 11.9 Å². The third-order valence-corrected chi connectivity index (χ3v) is 3.64. The minimum atomic E-state index is -0.437. The van der Waals surface area contributed by atoms with Gasteiger partial charge < -0.3 is 5.32 Å². The molecule has 5 nitrogen and oxygen atoms in total. The number of nitrogens with one attached hydrogen (secondary N) is 2. The molecule has 1 atom stereocenters. The molecule has 2 N–H and O–H groups in total. The lowest BCUT2D eigenvalue weighted by atomic mass is 10.0. The minimum absolute atomic E-state index is 0.247. The SMILES string of the molecule is CC(C)(C)NC(=O)NC(=O)CN1CCC[C@@H]1c1ccccc1. The number of amides is 3. The molecule has 1 aromatic rings. The summed E-state index contributed by atoms with van der Waals surface area (Å²) in [6.07, 6.45) is 2.12. The monoisotopic (exact) mass is 303 g/mol. The molecule has 0 saturated carbocycles. The van der Waals surface area contributed by atoms with Crippen LogP contribution in [0.1, 0.15) is 45.2 Å². The lowest BCUT2D eigenvalue weighted by Gasteiger charge is -2.25. The van der Waals surface area contributed by atoms with Crippen LogP contribution in [0.4, 0.5) is 4.79 Å². The van der Waals surface area contributed by atoms with E-state index in [-0.39, 0.29) is 24.0 Å². The summed E-state index contributed by atoms with van der Waals surface area (Å²) in [6.45, 7) is 6.76. The second kappa shape index (κ2) is 6.92. The van der Waals surface area contributed by atoms with Crippen molar-refractivity contribution < 1.29 is 9.59 Å². The molecule has 0 aliphatic carbocycles. The van der Waals surface area contributed by atoms with Crippen LogP contribution in [0.2, 0.25) is 0 Å². The van der Waals surface area contributed by atoms with Gasteiger partial charge in [0.15, 0.2) is 0 Å². The Morgan fingerprint density at radius 1 is 1.23 bits per heavy atom. The Labute approximate surface area is 132 Å². The molecule has 22 heavy (non-hydrogen) atoms. The van der Waals surface area contributed by atoms with Crippen molar-refractivity contribution in [3.63, 3.8) is 0 Å². The highest BCUT2D eigenvalue weighted by atomic mass is 16.2. The largest absolute Gasteiger partial charge is 0.333 e. The van der Waals surface area contributed by atoms with Gasteiger partial charge in [-0.1, -0.05) is 30.3 Å². The van der Waals surface area contributed by atoms with E-state index in [1.165, 1.54) is 5.56 Å². The Morgan fingerprint density at radius 3 is 2.55 bits per heavy atom. The fraction of sp³-hybridized carbons (Fsp3) is 0.529. The highest BCUT2D eigenvalue weighted by molar-refractivity contribution is 5.95. The van der Waals surface area contributed by atoms with Crippen LogP contribution >= 0.6 is 0 Å². The van der Waals surface area contributed by atoms with Crippen LogP contribution in [0.25, 0.3) is 0 Å². The second-order valence-corrected chi connectivity index (χ2v) is 6.79. The Bertz CT molecular complexity index is 522. The molecule has 1 heterocycles. The number of carbonyl (C=O) groups excluding carboxylic acids is 2. The van der Waals surface area contributed by atoms with Gasteiger partial charge >= 0.3 is 6.03 Å². The van der Waals surface area contributed by atoms with E-state index in [4.69, 9.17) is 0 Å². The van der Waals surface area contributed by atoms with Gasteiger partial charge in [-0.3, -0.25) is 15.0 Å². The predicted octanol–water partition coefficient (Wildman–Crippen LogP) is 2.45. The van der Waals surface area contributed by atoms with Crippen molar-refractivity contribution in [3.05, 3.63) is 35.9 Å². The van der Waals surface area contributed by atoms with Crippen LogP contribution in [0.5, 0.6) is 0 Å². The molecule has 1 aliphatic rings. The fourth-order valence-corrected chi connectivity index (χ4v) is 2.79. The maximum atomic E-state index is 12.1. The van der Waals surface area contributed by atoms with E-state index >= 15 is 0 Å². The lowest BCUT2D eigenvalue weighted by molar-refractivity contribution is -0.121. The summed E-state index contributed by atoms with van der Waals surface area (Å²) < 4.78 is 0. The summed E-state index contributed by atoms with van der Waals surface area (Å²) in [5, 5.41) is 5.13. The third kappa shape index (κ3) is 4.84. The molecule has 5 heteroatoms. The van der Waals surface area contributed by atoms with Gasteiger partial charge in [-0.2, -0.15) is 0 Å². The molecule has 0 radical (unpaired) electrons. The molecule has 0 spiro atoms. The number of benzene rings is 1. The summed E-state index contributed by atoms with van der Waals surface area (Å²) in [5.74, 6) is -0.260. The van der Waals surface area contributed by atoms with E-state index in [0.29, 0.717) is 0 Å². The van der Waals surface area contributed by atoms with E-state index in [1.54, 1.807) is 0 Å². The molecular formula is C17H25N3O2. The van der Waals surface area contributed by atoms with Gasteiger partial charge in [0, 0.05) is 11.6 Å². The van der Waals surface area contributed by atoms with Gasteiger partial charge in [0.05, 0.1) is 6.54 Å². The first-order valence-electron chi connectivity index (χ1n) is 7.76. The number of hydrogen-bond donors (Lipinski definition) is 2. The van der Waals surface area contributed by atoms with Crippen molar-refractivity contribution in [2.45, 2.75) is 45.2 Å². The van der Waals surface area contributed by atoms with Crippen LogP contribution in [-0.2, 0) is 4.79 Å². The number of hydrogen-bond acceptors (Lipinski definition) is 3. The van der Waals surface area contributed by atoms with Gasteiger partial charge in [0.1, 0.15) is 0 Å². The standard InChI is InChI=1S/C17H25N3O2/c1-17(2,3)19-16(22)18-15(21)12-20-11-7-10-14(20)13-8-5-4-6-9-13/h4-6,8-9,14H,7,10-12H2,1-3H3,(H2,18,19,21,22)/t14-/m1/s1. The summed E-state index contributed by atoms with van der Waals surface area (Å²) in [6, 6.07) is 10.0. The van der Waals surface area contributed by atoms with Crippen molar-refractivity contribution in [1.29, 1.82) is 0 Å². The smallest absolute Gasteiger partial charge is 0.321 e. The van der Waals surface area contributed by atoms with E-state index < -0.39 is 6.03 Å². The third-order valence-electron chi connectivity index (χ3n) is 3.64. The van der Waals surface area contributed by atoms with Gasteiger partial charge in [0.25, 0.3) is 0 Å². The summed E-state index contributed by atoms with van der Waals surface area (Å²) >= 11 is 0. The zero-order valence-electron chi connectivity index (χ0n) is 13.6. The maximum Gasteiger partial charge on any atom is 0.321 e. The average Bonchev–Trinajstić information content (AvgIpc) is 2.85. The van der Waals surface area contributed by atoms with Crippen molar-refractivity contribution in [2.75, 3.05) is 13.1 Å². The predicted molar refractivity (Wildman–Crippen MR) is 86.4 cm³/mol. The summed E-state index contributed by atoms with van der Waals surface area (Å²) in [5.41, 5.74) is 0.872. The summed E-state index contributed by atoms with van der Waals surface area (Å²) in [7, 11) is 0. The molecular weight excluding hydrogens is 278 g/mol. The first-order chi connectivity index (χ1) is 10.3. The molecule has 1 saturated heterocycles. The molecule has 0 unspecified atom stereocenters. The zero-order valence-corrected chi connectivity index (χ0v) is 13.6. The Hall–Kier alpha value is -1.88. The normalized spacial score (nSPS) is 19.0. The van der Waals surface area contributed by atoms with Crippen LogP contribution in [0, 0.1) is 0 Å². The first-order valence-corrected chi connectivity index (χ1v) is 7.76. The van der Waals surface area contributed by atoms with Crippen LogP contribution < -0.4 is 10.6 Å². The van der Waals surface area contributed by atoms with Crippen LogP contribution in [0.3, 0.4) is 0 Å². The molecule has 0 bridgehead atoms. The Kier molecular flexibility index (Phi) is 5.19. The molecule has 2 rings (SSSR count). The average molecular weight is 303 g/mol. The molecule has 1 aromatic carbocycles. The number of carbonyl (C=O) groups is 2. The maximum absolute atomic E-state index is 12.1. The van der Waals surface area contributed by atoms with Gasteiger partial charge in [-0.15, -0.1) is 0 Å². The van der Waals surface area contributed by atoms with Gasteiger partial charge in [-0.05, 0) is 45.7 Å². The summed E-state index contributed by atoms with van der Waals surface area (Å²) in [4.78, 5) is 25.9. The highest BCUT2D eigenvalue weighted by Gasteiger charge is 2.28. The molecule has 120 valence electrons. The Morgan fingerprint density at radius 2 is 1.91 bits per heavy atom. The van der Waals surface area contributed by atoms with Crippen LogP contribution in [-0.4, -0.2) is 35.5 Å². The number of likely N-dealkylation sites (tertiary alicyclic amines) is 1. The zero-order chi connectivity index (χ0) is 16.2. The fourth-order valence-electron chi connectivity index (χ4n) is 2.79. The topological polar surface area (TPSA) is 61.4 Å². The number of urea groups is 1. The van der Waals surface area contributed by atoms with E-state index in [1.807, 2.05) is 39.0 Å².